The van der Waals surface area contributed by atoms with Gasteiger partial charge in [-0.15, -0.1) is 0 Å². The summed E-state index contributed by atoms with van der Waals surface area (Å²) in [5.74, 6) is 1.11. The summed E-state index contributed by atoms with van der Waals surface area (Å²) >= 11 is 1.94. The van der Waals surface area contributed by atoms with Gasteiger partial charge in [-0.1, -0.05) is 6.92 Å². The molecule has 0 saturated heterocycles. The fraction of sp³-hybridized carbons (Fsp3) is 0.353. The molecule has 3 aromatic rings. The first-order valence-corrected chi connectivity index (χ1v) is 9.01. The Balaban J connectivity index is 1.75. The summed E-state index contributed by atoms with van der Waals surface area (Å²) in [7, 11) is 0. The summed E-state index contributed by atoms with van der Waals surface area (Å²) < 4.78 is 1.91. The number of aryl methyl sites for hydroxylation is 1. The third-order valence-electron chi connectivity index (χ3n) is 4.29. The SMILES string of the molecule is CCSC(C)c1[nH]nc2c1CCc1nn(-c3cccnc3)cc1-2. The Kier molecular flexibility index (Phi) is 3.69. The van der Waals surface area contributed by atoms with Crippen LogP contribution < -0.4 is 0 Å². The summed E-state index contributed by atoms with van der Waals surface area (Å²) in [6.07, 6.45) is 7.65. The molecule has 0 spiro atoms. The minimum absolute atomic E-state index is 0.450. The number of aromatic amines is 1. The number of H-pyrrole nitrogens is 1. The largest absolute Gasteiger partial charge is 0.281 e. The molecule has 0 bridgehead atoms. The zero-order chi connectivity index (χ0) is 15.8. The third kappa shape index (κ3) is 2.47. The highest BCUT2D eigenvalue weighted by atomic mass is 32.2. The molecular weight excluding hydrogens is 306 g/mol. The number of hydrogen-bond acceptors (Lipinski definition) is 4. The van der Waals surface area contributed by atoms with Crippen LogP contribution in [0.25, 0.3) is 16.9 Å². The van der Waals surface area contributed by atoms with Crippen LogP contribution in [0.15, 0.2) is 30.7 Å². The molecule has 0 amide bonds. The van der Waals surface area contributed by atoms with Crippen molar-refractivity contribution in [3.05, 3.63) is 47.7 Å². The molecule has 0 radical (unpaired) electrons. The van der Waals surface area contributed by atoms with E-state index >= 15 is 0 Å². The zero-order valence-electron chi connectivity index (χ0n) is 13.3. The molecule has 3 aromatic heterocycles. The number of nitrogens with one attached hydrogen (secondary N) is 1. The molecule has 0 aliphatic heterocycles. The van der Waals surface area contributed by atoms with Crippen molar-refractivity contribution < 1.29 is 0 Å². The Hall–Kier alpha value is -2.08. The monoisotopic (exact) mass is 325 g/mol. The lowest BCUT2D eigenvalue weighted by Crippen LogP contribution is -2.05. The van der Waals surface area contributed by atoms with Gasteiger partial charge in [-0.05, 0) is 37.7 Å². The minimum atomic E-state index is 0.450. The summed E-state index contributed by atoms with van der Waals surface area (Å²) in [6, 6.07) is 3.94. The number of rotatable bonds is 4. The van der Waals surface area contributed by atoms with Gasteiger partial charge in [0.15, 0.2) is 0 Å². The normalized spacial score (nSPS) is 14.3. The van der Waals surface area contributed by atoms with Crippen LogP contribution in [-0.4, -0.2) is 30.7 Å². The van der Waals surface area contributed by atoms with E-state index in [0.29, 0.717) is 5.25 Å². The van der Waals surface area contributed by atoms with Crippen molar-refractivity contribution in [1.29, 1.82) is 0 Å². The minimum Gasteiger partial charge on any atom is -0.281 e. The van der Waals surface area contributed by atoms with Gasteiger partial charge < -0.3 is 0 Å². The highest BCUT2D eigenvalue weighted by molar-refractivity contribution is 7.99. The first-order valence-electron chi connectivity index (χ1n) is 7.96. The molecule has 0 aromatic carbocycles. The number of aromatic nitrogens is 5. The molecular formula is C17H19N5S. The van der Waals surface area contributed by atoms with Crippen molar-refractivity contribution in [2.24, 2.45) is 0 Å². The summed E-state index contributed by atoms with van der Waals surface area (Å²) in [4.78, 5) is 4.17. The van der Waals surface area contributed by atoms with Crippen LogP contribution in [0.5, 0.6) is 0 Å². The highest BCUT2D eigenvalue weighted by Crippen LogP contribution is 2.38. The van der Waals surface area contributed by atoms with E-state index in [0.717, 1.165) is 41.2 Å². The Labute approximate surface area is 139 Å². The maximum Gasteiger partial charge on any atom is 0.0990 e. The summed E-state index contributed by atoms with van der Waals surface area (Å²) in [6.45, 7) is 4.44. The van der Waals surface area contributed by atoms with Crippen molar-refractivity contribution in [3.63, 3.8) is 0 Å². The van der Waals surface area contributed by atoms with Gasteiger partial charge in [-0.3, -0.25) is 10.1 Å². The Morgan fingerprint density at radius 1 is 1.39 bits per heavy atom. The van der Waals surface area contributed by atoms with Gasteiger partial charge in [-0.25, -0.2) is 4.68 Å². The Bertz CT molecular complexity index is 821. The predicted octanol–water partition coefficient (Wildman–Crippen LogP) is 3.57. The maximum atomic E-state index is 4.73. The van der Waals surface area contributed by atoms with Crippen LogP contribution in [0.3, 0.4) is 0 Å². The van der Waals surface area contributed by atoms with Crippen LogP contribution in [0.2, 0.25) is 0 Å². The average Bonchev–Trinajstić information content (AvgIpc) is 3.19. The molecule has 0 fully saturated rings. The Morgan fingerprint density at radius 3 is 3.09 bits per heavy atom. The van der Waals surface area contributed by atoms with Crippen molar-refractivity contribution in [3.8, 4) is 16.9 Å². The van der Waals surface area contributed by atoms with Crippen LogP contribution >= 0.6 is 11.8 Å². The molecule has 6 heteroatoms. The summed E-state index contributed by atoms with van der Waals surface area (Å²) in [5, 5.41) is 13.0. The average molecular weight is 325 g/mol. The van der Waals surface area contributed by atoms with Gasteiger partial charge in [0.1, 0.15) is 0 Å². The standard InChI is InChI=1S/C17H19N5S/c1-3-23-11(2)16-13-6-7-15-14(17(13)20-19-16)10-22(21-15)12-5-4-8-18-9-12/h4-5,8-11H,3,6-7H2,1-2H3,(H,19,20). The highest BCUT2D eigenvalue weighted by Gasteiger charge is 2.27. The fourth-order valence-corrected chi connectivity index (χ4v) is 4.04. The van der Waals surface area contributed by atoms with Crippen LogP contribution in [0.1, 0.15) is 36.0 Å². The van der Waals surface area contributed by atoms with E-state index in [1.165, 1.54) is 11.3 Å². The van der Waals surface area contributed by atoms with E-state index in [4.69, 9.17) is 5.10 Å². The van der Waals surface area contributed by atoms with Gasteiger partial charge in [0, 0.05) is 28.8 Å². The lowest BCUT2D eigenvalue weighted by molar-refractivity contribution is 0.807. The summed E-state index contributed by atoms with van der Waals surface area (Å²) in [5.41, 5.74) is 6.94. The first kappa shape index (κ1) is 14.5. The van der Waals surface area contributed by atoms with E-state index in [-0.39, 0.29) is 0 Å². The van der Waals surface area contributed by atoms with Gasteiger partial charge >= 0.3 is 0 Å². The topological polar surface area (TPSA) is 59.4 Å². The van der Waals surface area contributed by atoms with Gasteiger partial charge in [0.2, 0.25) is 0 Å². The second kappa shape index (κ2) is 5.85. The number of nitrogens with zero attached hydrogens (tertiary/aromatic N) is 4. The molecule has 4 rings (SSSR count). The second-order valence-electron chi connectivity index (χ2n) is 5.71. The number of fused-ring (bicyclic) bond motifs is 3. The van der Waals surface area contributed by atoms with Crippen LogP contribution in [-0.2, 0) is 12.8 Å². The molecule has 3 heterocycles. The number of hydrogen-bond donors (Lipinski definition) is 1. The van der Waals surface area contributed by atoms with E-state index in [1.807, 2.05) is 34.8 Å². The second-order valence-corrected chi connectivity index (χ2v) is 7.33. The van der Waals surface area contributed by atoms with Gasteiger partial charge in [0.05, 0.1) is 29.0 Å². The van der Waals surface area contributed by atoms with Crippen molar-refractivity contribution in [2.45, 2.75) is 31.9 Å². The third-order valence-corrected chi connectivity index (χ3v) is 5.36. The predicted molar refractivity (Wildman–Crippen MR) is 92.9 cm³/mol. The lowest BCUT2D eigenvalue weighted by Gasteiger charge is -2.14. The van der Waals surface area contributed by atoms with E-state index in [1.54, 1.807) is 6.20 Å². The molecule has 1 atom stereocenters. The molecule has 1 aliphatic rings. The van der Waals surface area contributed by atoms with Crippen LogP contribution in [0, 0.1) is 0 Å². The van der Waals surface area contributed by atoms with Gasteiger partial charge in [0.25, 0.3) is 0 Å². The van der Waals surface area contributed by atoms with E-state index in [9.17, 15) is 0 Å². The molecule has 1 aliphatic carbocycles. The van der Waals surface area contributed by atoms with E-state index in [2.05, 4.69) is 35.2 Å². The van der Waals surface area contributed by atoms with Crippen LogP contribution in [0.4, 0.5) is 0 Å². The first-order chi connectivity index (χ1) is 11.3. The Morgan fingerprint density at radius 2 is 2.30 bits per heavy atom. The van der Waals surface area contributed by atoms with Crippen molar-refractivity contribution >= 4 is 11.8 Å². The maximum absolute atomic E-state index is 4.73. The smallest absolute Gasteiger partial charge is 0.0990 e. The molecule has 0 saturated carbocycles. The van der Waals surface area contributed by atoms with Crippen molar-refractivity contribution in [1.82, 2.24) is 25.0 Å². The zero-order valence-corrected chi connectivity index (χ0v) is 14.1. The lowest BCUT2D eigenvalue weighted by atomic mass is 9.93. The molecule has 23 heavy (non-hydrogen) atoms. The van der Waals surface area contributed by atoms with Crippen molar-refractivity contribution in [2.75, 3.05) is 5.75 Å². The quantitative estimate of drug-likeness (QED) is 0.796. The van der Waals surface area contributed by atoms with Gasteiger partial charge in [-0.2, -0.15) is 22.0 Å². The number of thioether (sulfide) groups is 1. The molecule has 118 valence electrons. The molecule has 5 nitrogen and oxygen atoms in total. The fourth-order valence-electron chi connectivity index (χ4n) is 3.18. The molecule has 1 unspecified atom stereocenters. The number of pyridine rings is 1. The van der Waals surface area contributed by atoms with E-state index < -0.39 is 0 Å². The molecule has 1 N–H and O–H groups in total.